The van der Waals surface area contributed by atoms with E-state index < -0.39 is 5.41 Å². The molecule has 0 saturated carbocycles. The molecule has 0 amide bonds. The summed E-state index contributed by atoms with van der Waals surface area (Å²) in [5.74, 6) is 0. The van der Waals surface area contributed by atoms with E-state index in [2.05, 4.69) is 193 Å². The Bertz CT molecular complexity index is 2490. The van der Waals surface area contributed by atoms with Crippen molar-refractivity contribution in [2.75, 3.05) is 4.90 Å². The lowest BCUT2D eigenvalue weighted by molar-refractivity contribution is 0.768. The van der Waals surface area contributed by atoms with Crippen LogP contribution < -0.4 is 4.90 Å². The highest BCUT2D eigenvalue weighted by Crippen LogP contribution is 2.56. The second-order valence-electron chi connectivity index (χ2n) is 12.9. The molecule has 0 radical (unpaired) electrons. The molecule has 1 aliphatic rings. The van der Waals surface area contributed by atoms with Gasteiger partial charge in [0.05, 0.1) is 5.41 Å². The van der Waals surface area contributed by atoms with E-state index in [0.29, 0.717) is 0 Å². The molecule has 10 rings (SSSR count). The van der Waals surface area contributed by atoms with E-state index >= 15 is 0 Å². The summed E-state index contributed by atoms with van der Waals surface area (Å²) >= 11 is 0. The van der Waals surface area contributed by atoms with Crippen molar-refractivity contribution < 1.29 is 0 Å². The minimum atomic E-state index is -0.415. The largest absolute Gasteiger partial charge is 0.310 e. The van der Waals surface area contributed by atoms with Crippen LogP contribution >= 0.6 is 0 Å². The van der Waals surface area contributed by atoms with E-state index in [1.165, 1.54) is 65.7 Å². The van der Waals surface area contributed by atoms with Crippen molar-refractivity contribution >= 4 is 49.4 Å². The molecule has 0 heterocycles. The van der Waals surface area contributed by atoms with Crippen molar-refractivity contribution in [1.29, 1.82) is 0 Å². The Morgan fingerprint density at radius 1 is 0.312 bits per heavy atom. The van der Waals surface area contributed by atoms with Gasteiger partial charge in [-0.2, -0.15) is 0 Å². The molecule has 0 spiro atoms. The van der Waals surface area contributed by atoms with Gasteiger partial charge in [0.25, 0.3) is 0 Å². The van der Waals surface area contributed by atoms with Gasteiger partial charge >= 0.3 is 0 Å². The van der Waals surface area contributed by atoms with E-state index in [1.807, 2.05) is 0 Å². The topological polar surface area (TPSA) is 3.24 Å². The van der Waals surface area contributed by atoms with Crippen LogP contribution in [0.25, 0.3) is 43.4 Å². The lowest BCUT2D eigenvalue weighted by atomic mass is 9.68. The van der Waals surface area contributed by atoms with Crippen molar-refractivity contribution in [3.63, 3.8) is 0 Å². The van der Waals surface area contributed by atoms with Gasteiger partial charge in [0.15, 0.2) is 0 Å². The molecule has 224 valence electrons. The van der Waals surface area contributed by atoms with Crippen LogP contribution in [0.4, 0.5) is 17.1 Å². The molecule has 9 aromatic rings. The maximum absolute atomic E-state index is 2.39. The third kappa shape index (κ3) is 3.79. The summed E-state index contributed by atoms with van der Waals surface area (Å²) in [6.45, 7) is 0. The number of anilines is 3. The van der Waals surface area contributed by atoms with Crippen LogP contribution in [0.3, 0.4) is 0 Å². The Hall–Kier alpha value is -6.18. The van der Waals surface area contributed by atoms with Crippen LogP contribution in [0.15, 0.2) is 188 Å². The standard InChI is InChI=1S/C47H31N/c1-3-14-36(15-4-1)47(43-20-9-7-18-41(43)42-19-8-10-21-44(42)47)37-26-28-39(29-27-37)48(38-16-5-2-6-17-38)40-30-34-24-22-32-12-11-13-33-23-25-35(31-40)46(34)45(32)33/h1-31H. The van der Waals surface area contributed by atoms with Crippen molar-refractivity contribution in [2.24, 2.45) is 0 Å². The predicted octanol–water partition coefficient (Wildman–Crippen LogP) is 12.4. The summed E-state index contributed by atoms with van der Waals surface area (Å²) in [6.07, 6.45) is 0. The summed E-state index contributed by atoms with van der Waals surface area (Å²) < 4.78 is 0. The molecule has 0 N–H and O–H groups in total. The summed E-state index contributed by atoms with van der Waals surface area (Å²) in [5, 5.41) is 7.77. The molecule has 1 heteroatoms. The molecule has 0 aliphatic heterocycles. The van der Waals surface area contributed by atoms with E-state index in [-0.39, 0.29) is 0 Å². The first-order valence-electron chi connectivity index (χ1n) is 16.7. The zero-order chi connectivity index (χ0) is 31.7. The van der Waals surface area contributed by atoms with Crippen LogP contribution in [0, 0.1) is 0 Å². The summed E-state index contributed by atoms with van der Waals surface area (Å²) in [6, 6.07) is 69.3. The van der Waals surface area contributed by atoms with Crippen molar-refractivity contribution in [2.45, 2.75) is 5.41 Å². The average Bonchev–Trinajstić information content (AvgIpc) is 3.46. The molecule has 0 bridgehead atoms. The third-order valence-electron chi connectivity index (χ3n) is 10.4. The normalized spacial score (nSPS) is 13.2. The number of rotatable bonds is 5. The number of nitrogens with zero attached hydrogens (tertiary/aromatic N) is 1. The smallest absolute Gasteiger partial charge is 0.0713 e. The van der Waals surface area contributed by atoms with E-state index in [1.54, 1.807) is 0 Å². The van der Waals surface area contributed by atoms with Gasteiger partial charge in [-0.15, -0.1) is 0 Å². The number of benzene rings is 9. The molecular formula is C47H31N. The van der Waals surface area contributed by atoms with Crippen molar-refractivity contribution in [3.05, 3.63) is 210 Å². The second kappa shape index (κ2) is 10.4. The maximum Gasteiger partial charge on any atom is 0.0713 e. The van der Waals surface area contributed by atoms with E-state index in [0.717, 1.165) is 17.1 Å². The first kappa shape index (κ1) is 27.0. The van der Waals surface area contributed by atoms with Gasteiger partial charge in [0.1, 0.15) is 0 Å². The van der Waals surface area contributed by atoms with Gasteiger partial charge in [0, 0.05) is 17.1 Å². The van der Waals surface area contributed by atoms with Gasteiger partial charge in [-0.3, -0.25) is 0 Å². The Labute approximate surface area is 280 Å². The van der Waals surface area contributed by atoms with Gasteiger partial charge in [-0.1, -0.05) is 152 Å². The fourth-order valence-corrected chi connectivity index (χ4v) is 8.46. The Kier molecular flexibility index (Phi) is 5.86. The van der Waals surface area contributed by atoms with Crippen LogP contribution in [-0.4, -0.2) is 0 Å². The van der Waals surface area contributed by atoms with Crippen molar-refractivity contribution in [1.82, 2.24) is 0 Å². The van der Waals surface area contributed by atoms with Crippen LogP contribution in [0.2, 0.25) is 0 Å². The fraction of sp³-hybridized carbons (Fsp3) is 0.0213. The van der Waals surface area contributed by atoms with E-state index in [9.17, 15) is 0 Å². The Balaban J connectivity index is 1.18. The van der Waals surface area contributed by atoms with Gasteiger partial charge in [-0.05, 0) is 102 Å². The zero-order valence-electron chi connectivity index (χ0n) is 26.3. The summed E-state index contributed by atoms with van der Waals surface area (Å²) in [4.78, 5) is 2.39. The molecule has 0 saturated heterocycles. The minimum Gasteiger partial charge on any atom is -0.310 e. The van der Waals surface area contributed by atoms with Gasteiger partial charge in [0.2, 0.25) is 0 Å². The monoisotopic (exact) mass is 609 g/mol. The van der Waals surface area contributed by atoms with Gasteiger partial charge in [-0.25, -0.2) is 0 Å². The highest BCUT2D eigenvalue weighted by Gasteiger charge is 2.45. The first-order chi connectivity index (χ1) is 23.8. The highest BCUT2D eigenvalue weighted by molar-refractivity contribution is 6.23. The average molecular weight is 610 g/mol. The molecule has 0 fully saturated rings. The number of hydrogen-bond donors (Lipinski definition) is 0. The SMILES string of the molecule is c1ccc(N(c2ccc(C3(c4ccccc4)c4ccccc4-c4ccccc43)cc2)c2cc3ccc4cccc5ccc(c2)c3c45)cc1. The molecule has 1 nitrogen and oxygen atoms in total. The molecule has 9 aromatic carbocycles. The summed E-state index contributed by atoms with van der Waals surface area (Å²) in [5.41, 5.74) is 10.8. The molecular weight excluding hydrogens is 579 g/mol. The fourth-order valence-electron chi connectivity index (χ4n) is 8.46. The zero-order valence-corrected chi connectivity index (χ0v) is 26.3. The minimum absolute atomic E-state index is 0.415. The highest BCUT2D eigenvalue weighted by atomic mass is 15.1. The van der Waals surface area contributed by atoms with Gasteiger partial charge < -0.3 is 4.90 Å². The lowest BCUT2D eigenvalue weighted by Gasteiger charge is -2.34. The van der Waals surface area contributed by atoms with Crippen LogP contribution in [0.5, 0.6) is 0 Å². The molecule has 0 aromatic heterocycles. The predicted molar refractivity (Wildman–Crippen MR) is 202 cm³/mol. The van der Waals surface area contributed by atoms with Crippen LogP contribution in [0.1, 0.15) is 22.3 Å². The quantitative estimate of drug-likeness (QED) is 0.176. The lowest BCUT2D eigenvalue weighted by Crippen LogP contribution is -2.28. The Morgan fingerprint density at radius 3 is 1.38 bits per heavy atom. The summed E-state index contributed by atoms with van der Waals surface area (Å²) in [7, 11) is 0. The number of hydrogen-bond acceptors (Lipinski definition) is 1. The number of para-hydroxylation sites is 1. The number of fused-ring (bicyclic) bond motifs is 3. The molecule has 1 aliphatic carbocycles. The molecule has 48 heavy (non-hydrogen) atoms. The van der Waals surface area contributed by atoms with Crippen LogP contribution in [-0.2, 0) is 5.41 Å². The second-order valence-corrected chi connectivity index (χ2v) is 12.9. The molecule has 0 atom stereocenters. The maximum atomic E-state index is 2.39. The molecule has 0 unspecified atom stereocenters. The van der Waals surface area contributed by atoms with E-state index in [4.69, 9.17) is 0 Å². The van der Waals surface area contributed by atoms with Crippen molar-refractivity contribution in [3.8, 4) is 11.1 Å². The third-order valence-corrected chi connectivity index (χ3v) is 10.4. The Morgan fingerprint density at radius 2 is 0.771 bits per heavy atom. The first-order valence-corrected chi connectivity index (χ1v) is 16.7.